The number of carboxylic acid groups (broad SMARTS) is 1. The molecule has 17 heavy (non-hydrogen) atoms. The smallest absolute Gasteiger partial charge is 0.308 e. The van der Waals surface area contributed by atoms with Crippen molar-refractivity contribution < 1.29 is 24.2 Å². The summed E-state index contributed by atoms with van der Waals surface area (Å²) in [4.78, 5) is 32.6. The van der Waals surface area contributed by atoms with E-state index in [0.717, 1.165) is 12.8 Å². The molecule has 0 radical (unpaired) electrons. The average Bonchev–Trinajstić information content (AvgIpc) is 3.06. The van der Waals surface area contributed by atoms with Crippen molar-refractivity contribution in [1.82, 2.24) is 5.32 Å². The Morgan fingerprint density at radius 3 is 2.59 bits per heavy atom. The fourth-order valence-electron chi connectivity index (χ4n) is 1.17. The van der Waals surface area contributed by atoms with Gasteiger partial charge < -0.3 is 20.9 Å². The molecule has 96 valence electrons. The van der Waals surface area contributed by atoms with Crippen LogP contribution in [0.5, 0.6) is 0 Å². The van der Waals surface area contributed by atoms with E-state index in [1.165, 1.54) is 0 Å². The number of hydrogen-bond donors (Lipinski definition) is 3. The summed E-state index contributed by atoms with van der Waals surface area (Å²) in [5, 5.41) is 10.8. The Hall–Kier alpha value is -1.63. The van der Waals surface area contributed by atoms with E-state index in [2.05, 4.69) is 5.32 Å². The third kappa shape index (κ3) is 5.30. The van der Waals surface area contributed by atoms with E-state index in [-0.39, 0.29) is 25.0 Å². The third-order valence-electron chi connectivity index (χ3n) is 2.29. The summed E-state index contributed by atoms with van der Waals surface area (Å²) in [6, 6.07) is -1.08. The summed E-state index contributed by atoms with van der Waals surface area (Å²) in [5.74, 6) is -1.91. The molecule has 4 N–H and O–H groups in total. The molecule has 1 atom stereocenters. The largest absolute Gasteiger partial charge is 0.481 e. The first-order valence-corrected chi connectivity index (χ1v) is 5.42. The Labute approximate surface area is 98.3 Å². The molecule has 1 amide bonds. The zero-order chi connectivity index (χ0) is 12.8. The summed E-state index contributed by atoms with van der Waals surface area (Å²) >= 11 is 0. The van der Waals surface area contributed by atoms with Gasteiger partial charge in [0.25, 0.3) is 0 Å². The van der Waals surface area contributed by atoms with Crippen LogP contribution >= 0.6 is 0 Å². The SMILES string of the molecule is NC(CC(=O)O)C(=O)NCCOC(=O)C1CC1. The highest BCUT2D eigenvalue weighted by Crippen LogP contribution is 2.29. The van der Waals surface area contributed by atoms with Crippen molar-refractivity contribution in [2.24, 2.45) is 11.7 Å². The monoisotopic (exact) mass is 244 g/mol. The molecule has 7 nitrogen and oxygen atoms in total. The van der Waals surface area contributed by atoms with Gasteiger partial charge in [-0.25, -0.2) is 0 Å². The van der Waals surface area contributed by atoms with Crippen LogP contribution in [0, 0.1) is 5.92 Å². The van der Waals surface area contributed by atoms with Crippen LogP contribution in [0.2, 0.25) is 0 Å². The fraction of sp³-hybridized carbons (Fsp3) is 0.700. The van der Waals surface area contributed by atoms with Crippen molar-refractivity contribution in [3.05, 3.63) is 0 Å². The van der Waals surface area contributed by atoms with E-state index in [4.69, 9.17) is 15.6 Å². The lowest BCUT2D eigenvalue weighted by molar-refractivity contribution is -0.145. The van der Waals surface area contributed by atoms with E-state index >= 15 is 0 Å². The number of amides is 1. The quantitative estimate of drug-likeness (QED) is 0.384. The van der Waals surface area contributed by atoms with Gasteiger partial charge in [0.1, 0.15) is 6.61 Å². The van der Waals surface area contributed by atoms with Crippen molar-refractivity contribution in [2.45, 2.75) is 25.3 Å². The number of carboxylic acids is 1. The summed E-state index contributed by atoms with van der Waals surface area (Å²) in [6.07, 6.45) is 1.32. The molecule has 0 aromatic carbocycles. The molecule has 1 aliphatic rings. The Balaban J connectivity index is 2.06. The standard InChI is InChI=1S/C10H16N2O5/c11-7(5-8(13)14)9(15)12-3-4-17-10(16)6-1-2-6/h6-7H,1-5,11H2,(H,12,15)(H,13,14). The Bertz CT molecular complexity index is 314. The lowest BCUT2D eigenvalue weighted by atomic mass is 10.2. The van der Waals surface area contributed by atoms with E-state index < -0.39 is 24.3 Å². The van der Waals surface area contributed by atoms with Crippen molar-refractivity contribution in [1.29, 1.82) is 0 Å². The maximum Gasteiger partial charge on any atom is 0.308 e. The topological polar surface area (TPSA) is 119 Å². The highest BCUT2D eigenvalue weighted by Gasteiger charge is 2.31. The second kappa shape index (κ2) is 6.19. The van der Waals surface area contributed by atoms with Crippen LogP contribution in [0.15, 0.2) is 0 Å². The molecule has 0 bridgehead atoms. The molecule has 1 fully saturated rings. The minimum Gasteiger partial charge on any atom is -0.481 e. The van der Waals surface area contributed by atoms with Crippen LogP contribution < -0.4 is 11.1 Å². The number of nitrogens with one attached hydrogen (secondary N) is 1. The molecule has 0 aromatic rings. The highest BCUT2D eigenvalue weighted by atomic mass is 16.5. The Morgan fingerprint density at radius 1 is 1.41 bits per heavy atom. The van der Waals surface area contributed by atoms with E-state index in [1.54, 1.807) is 0 Å². The molecule has 1 unspecified atom stereocenters. The van der Waals surface area contributed by atoms with Crippen molar-refractivity contribution in [2.75, 3.05) is 13.2 Å². The minimum atomic E-state index is -1.13. The zero-order valence-electron chi connectivity index (χ0n) is 9.35. The van der Waals surface area contributed by atoms with E-state index in [9.17, 15) is 14.4 Å². The van der Waals surface area contributed by atoms with Crippen molar-refractivity contribution in [3.63, 3.8) is 0 Å². The molecule has 0 heterocycles. The normalized spacial score (nSPS) is 16.1. The van der Waals surface area contributed by atoms with Crippen LogP contribution in [-0.2, 0) is 19.1 Å². The minimum absolute atomic E-state index is 0.0277. The summed E-state index contributed by atoms with van der Waals surface area (Å²) in [7, 11) is 0. The second-order valence-electron chi connectivity index (χ2n) is 3.94. The molecule has 1 rings (SSSR count). The van der Waals surface area contributed by atoms with Gasteiger partial charge in [-0.3, -0.25) is 14.4 Å². The number of rotatable bonds is 7. The number of carbonyl (C=O) groups excluding carboxylic acids is 2. The van der Waals surface area contributed by atoms with Crippen LogP contribution in [-0.4, -0.2) is 42.1 Å². The summed E-state index contributed by atoms with van der Waals surface area (Å²) in [6.45, 7) is 0.228. The first-order valence-electron chi connectivity index (χ1n) is 5.42. The predicted molar refractivity (Wildman–Crippen MR) is 56.9 cm³/mol. The zero-order valence-corrected chi connectivity index (χ0v) is 9.35. The fourth-order valence-corrected chi connectivity index (χ4v) is 1.17. The molecule has 0 saturated heterocycles. The van der Waals surface area contributed by atoms with Crippen LogP contribution in [0.25, 0.3) is 0 Å². The molecule has 7 heteroatoms. The third-order valence-corrected chi connectivity index (χ3v) is 2.29. The number of ether oxygens (including phenoxy) is 1. The lowest BCUT2D eigenvalue weighted by Gasteiger charge is -2.10. The van der Waals surface area contributed by atoms with Crippen LogP contribution in [0.1, 0.15) is 19.3 Å². The van der Waals surface area contributed by atoms with Gasteiger partial charge in [-0.2, -0.15) is 0 Å². The number of esters is 1. The molecular weight excluding hydrogens is 228 g/mol. The van der Waals surface area contributed by atoms with Gasteiger partial charge in [0.05, 0.1) is 24.9 Å². The van der Waals surface area contributed by atoms with Gasteiger partial charge >= 0.3 is 11.9 Å². The molecular formula is C10H16N2O5. The Morgan fingerprint density at radius 2 is 2.06 bits per heavy atom. The lowest BCUT2D eigenvalue weighted by Crippen LogP contribution is -2.43. The average molecular weight is 244 g/mol. The van der Waals surface area contributed by atoms with Crippen molar-refractivity contribution in [3.8, 4) is 0 Å². The van der Waals surface area contributed by atoms with E-state index in [0.29, 0.717) is 0 Å². The maximum atomic E-state index is 11.2. The molecule has 0 spiro atoms. The first kappa shape index (κ1) is 13.4. The first-order chi connectivity index (χ1) is 8.00. The van der Waals surface area contributed by atoms with Gasteiger partial charge in [-0.1, -0.05) is 0 Å². The number of hydrogen-bond acceptors (Lipinski definition) is 5. The molecule has 0 aromatic heterocycles. The van der Waals surface area contributed by atoms with E-state index in [1.807, 2.05) is 0 Å². The number of nitrogens with two attached hydrogens (primary N) is 1. The summed E-state index contributed by atoms with van der Waals surface area (Å²) in [5.41, 5.74) is 5.32. The van der Waals surface area contributed by atoms with Crippen LogP contribution in [0.4, 0.5) is 0 Å². The summed E-state index contributed by atoms with van der Waals surface area (Å²) < 4.78 is 4.87. The van der Waals surface area contributed by atoms with Gasteiger partial charge in [0.15, 0.2) is 0 Å². The van der Waals surface area contributed by atoms with Gasteiger partial charge in [-0.05, 0) is 12.8 Å². The number of aliphatic carboxylic acids is 1. The van der Waals surface area contributed by atoms with Crippen molar-refractivity contribution >= 4 is 17.8 Å². The second-order valence-corrected chi connectivity index (χ2v) is 3.94. The molecule has 1 aliphatic carbocycles. The number of carbonyl (C=O) groups is 3. The van der Waals surface area contributed by atoms with Gasteiger partial charge in [0, 0.05) is 0 Å². The molecule has 0 aliphatic heterocycles. The molecule has 1 saturated carbocycles. The van der Waals surface area contributed by atoms with Crippen LogP contribution in [0.3, 0.4) is 0 Å². The maximum absolute atomic E-state index is 11.2. The van der Waals surface area contributed by atoms with Gasteiger partial charge in [-0.15, -0.1) is 0 Å². The predicted octanol–water partition coefficient (Wildman–Crippen LogP) is -1.14. The van der Waals surface area contributed by atoms with Gasteiger partial charge in [0.2, 0.25) is 5.91 Å². The Kier molecular flexibility index (Phi) is 4.89. The highest BCUT2D eigenvalue weighted by molar-refractivity contribution is 5.85.